The van der Waals surface area contributed by atoms with Gasteiger partial charge in [-0.2, -0.15) is 0 Å². The Kier molecular flexibility index (Phi) is 5.62. The molecule has 2 rings (SSSR count). The highest BCUT2D eigenvalue weighted by molar-refractivity contribution is 5.82. The first-order chi connectivity index (χ1) is 9.72. The van der Waals surface area contributed by atoms with Crippen molar-refractivity contribution in [2.75, 3.05) is 6.54 Å². The maximum Gasteiger partial charge on any atom is 0.134 e. The van der Waals surface area contributed by atoms with E-state index in [1.807, 2.05) is 19.1 Å². The second-order valence-corrected chi connectivity index (χ2v) is 5.42. The number of unbranched alkanes of at least 4 members (excludes halogenated alkanes) is 1. The van der Waals surface area contributed by atoms with Crippen LogP contribution in [0.3, 0.4) is 0 Å². The lowest BCUT2D eigenvalue weighted by molar-refractivity contribution is 0.183. The van der Waals surface area contributed by atoms with Gasteiger partial charge in [0.15, 0.2) is 0 Å². The lowest BCUT2D eigenvalue weighted by Crippen LogP contribution is -2.19. The van der Waals surface area contributed by atoms with Gasteiger partial charge in [0.1, 0.15) is 11.3 Å². The molecule has 0 saturated carbocycles. The summed E-state index contributed by atoms with van der Waals surface area (Å²) >= 11 is 0. The van der Waals surface area contributed by atoms with Crippen molar-refractivity contribution >= 4 is 11.0 Å². The standard InChI is InChI=1S/C17H25NO2/c1-3-4-8-17-15(12-18-11-10-13(2)19)14-7-5-6-9-16(14)20-17/h5-7,9,13,18-19H,3-4,8,10-12H2,1-2H3. The minimum Gasteiger partial charge on any atom is -0.461 e. The Morgan fingerprint density at radius 2 is 2.10 bits per heavy atom. The molecule has 0 bridgehead atoms. The molecule has 110 valence electrons. The molecule has 1 aromatic heterocycles. The van der Waals surface area contributed by atoms with E-state index >= 15 is 0 Å². The van der Waals surface area contributed by atoms with Crippen LogP contribution in [0.4, 0.5) is 0 Å². The van der Waals surface area contributed by atoms with Crippen LogP contribution in [0.1, 0.15) is 44.4 Å². The second-order valence-electron chi connectivity index (χ2n) is 5.42. The first-order valence-corrected chi connectivity index (χ1v) is 7.60. The Balaban J connectivity index is 2.11. The number of rotatable bonds is 8. The largest absolute Gasteiger partial charge is 0.461 e. The normalized spacial score (nSPS) is 12.9. The van der Waals surface area contributed by atoms with Gasteiger partial charge in [-0.1, -0.05) is 31.5 Å². The predicted molar refractivity (Wildman–Crippen MR) is 82.8 cm³/mol. The molecule has 20 heavy (non-hydrogen) atoms. The fourth-order valence-electron chi connectivity index (χ4n) is 2.41. The van der Waals surface area contributed by atoms with Crippen molar-refractivity contribution in [3.05, 3.63) is 35.6 Å². The molecule has 1 unspecified atom stereocenters. The van der Waals surface area contributed by atoms with Crippen LogP contribution in [0, 0.1) is 0 Å². The first kappa shape index (κ1) is 15.1. The molecule has 3 heteroatoms. The summed E-state index contributed by atoms with van der Waals surface area (Å²) in [6.45, 7) is 5.65. The highest BCUT2D eigenvalue weighted by atomic mass is 16.3. The van der Waals surface area contributed by atoms with E-state index < -0.39 is 0 Å². The molecule has 0 aliphatic rings. The lowest BCUT2D eigenvalue weighted by atomic mass is 10.1. The third kappa shape index (κ3) is 3.84. The number of aliphatic hydroxyl groups is 1. The summed E-state index contributed by atoms with van der Waals surface area (Å²) in [6.07, 6.45) is 3.86. The fraction of sp³-hybridized carbons (Fsp3) is 0.529. The van der Waals surface area contributed by atoms with Crippen LogP contribution >= 0.6 is 0 Å². The van der Waals surface area contributed by atoms with Crippen LogP contribution in [0.15, 0.2) is 28.7 Å². The quantitative estimate of drug-likeness (QED) is 0.723. The van der Waals surface area contributed by atoms with Gasteiger partial charge in [0.25, 0.3) is 0 Å². The summed E-state index contributed by atoms with van der Waals surface area (Å²) in [7, 11) is 0. The van der Waals surface area contributed by atoms with Gasteiger partial charge in [0.05, 0.1) is 6.10 Å². The van der Waals surface area contributed by atoms with Crippen LogP contribution in [-0.4, -0.2) is 17.8 Å². The Labute approximate surface area is 121 Å². The zero-order valence-electron chi connectivity index (χ0n) is 12.5. The number of hydrogen-bond acceptors (Lipinski definition) is 3. The van der Waals surface area contributed by atoms with Gasteiger partial charge in [-0.15, -0.1) is 0 Å². The van der Waals surface area contributed by atoms with Crippen LogP contribution in [-0.2, 0) is 13.0 Å². The Bertz CT molecular complexity index is 531. The van der Waals surface area contributed by atoms with Gasteiger partial charge >= 0.3 is 0 Å². The van der Waals surface area contributed by atoms with Crippen molar-refractivity contribution in [1.82, 2.24) is 5.32 Å². The highest BCUT2D eigenvalue weighted by Crippen LogP contribution is 2.27. The van der Waals surface area contributed by atoms with Gasteiger partial charge in [-0.25, -0.2) is 0 Å². The number of furan rings is 1. The Hall–Kier alpha value is -1.32. The molecule has 0 spiro atoms. The lowest BCUT2D eigenvalue weighted by Gasteiger charge is -2.07. The molecular weight excluding hydrogens is 250 g/mol. The maximum absolute atomic E-state index is 9.29. The molecule has 2 N–H and O–H groups in total. The topological polar surface area (TPSA) is 45.4 Å². The molecule has 3 nitrogen and oxygen atoms in total. The molecule has 0 aliphatic carbocycles. The smallest absolute Gasteiger partial charge is 0.134 e. The first-order valence-electron chi connectivity index (χ1n) is 7.60. The third-order valence-corrected chi connectivity index (χ3v) is 3.58. The van der Waals surface area contributed by atoms with E-state index in [0.29, 0.717) is 0 Å². The highest BCUT2D eigenvalue weighted by Gasteiger charge is 2.12. The van der Waals surface area contributed by atoms with Gasteiger partial charge in [0, 0.05) is 23.9 Å². The van der Waals surface area contributed by atoms with Crippen LogP contribution in [0.5, 0.6) is 0 Å². The van der Waals surface area contributed by atoms with Gasteiger partial charge in [-0.05, 0) is 32.4 Å². The molecule has 0 radical (unpaired) electrons. The zero-order chi connectivity index (χ0) is 14.4. The molecule has 0 fully saturated rings. The minimum absolute atomic E-state index is 0.247. The van der Waals surface area contributed by atoms with Gasteiger partial charge in [0.2, 0.25) is 0 Å². The number of aryl methyl sites for hydroxylation is 1. The van der Waals surface area contributed by atoms with Crippen molar-refractivity contribution in [3.8, 4) is 0 Å². The number of fused-ring (bicyclic) bond motifs is 1. The van der Waals surface area contributed by atoms with Crippen molar-refractivity contribution in [2.24, 2.45) is 0 Å². The van der Waals surface area contributed by atoms with Crippen LogP contribution in [0.25, 0.3) is 11.0 Å². The van der Waals surface area contributed by atoms with E-state index in [1.54, 1.807) is 0 Å². The third-order valence-electron chi connectivity index (χ3n) is 3.58. The number of aliphatic hydroxyl groups excluding tert-OH is 1. The number of benzene rings is 1. The summed E-state index contributed by atoms with van der Waals surface area (Å²) < 4.78 is 5.99. The average Bonchev–Trinajstić information content (AvgIpc) is 2.79. The number of hydrogen-bond donors (Lipinski definition) is 2. The van der Waals surface area contributed by atoms with Crippen molar-refractivity contribution in [2.45, 2.75) is 52.2 Å². The summed E-state index contributed by atoms with van der Waals surface area (Å²) in [5.74, 6) is 1.11. The predicted octanol–water partition coefficient (Wildman–Crippen LogP) is 3.64. The maximum atomic E-state index is 9.29. The molecule has 1 aromatic carbocycles. The van der Waals surface area contributed by atoms with E-state index in [0.717, 1.165) is 43.7 Å². The fourth-order valence-corrected chi connectivity index (χ4v) is 2.41. The van der Waals surface area contributed by atoms with Crippen molar-refractivity contribution in [1.29, 1.82) is 0 Å². The molecule has 0 aliphatic heterocycles. The molecular formula is C17H25NO2. The summed E-state index contributed by atoms with van der Waals surface area (Å²) in [6, 6.07) is 8.23. The van der Waals surface area contributed by atoms with E-state index in [4.69, 9.17) is 4.42 Å². The molecule has 1 heterocycles. The number of para-hydroxylation sites is 1. The van der Waals surface area contributed by atoms with Crippen LogP contribution < -0.4 is 5.32 Å². The summed E-state index contributed by atoms with van der Waals surface area (Å²) in [4.78, 5) is 0. The summed E-state index contributed by atoms with van der Waals surface area (Å²) in [5.41, 5.74) is 2.26. The second kappa shape index (κ2) is 7.46. The average molecular weight is 275 g/mol. The molecule has 0 amide bonds. The molecule has 1 atom stereocenters. The van der Waals surface area contributed by atoms with E-state index in [-0.39, 0.29) is 6.10 Å². The van der Waals surface area contributed by atoms with Gasteiger partial charge < -0.3 is 14.8 Å². The van der Waals surface area contributed by atoms with E-state index in [1.165, 1.54) is 17.4 Å². The van der Waals surface area contributed by atoms with E-state index in [2.05, 4.69) is 24.4 Å². The van der Waals surface area contributed by atoms with Crippen LogP contribution in [0.2, 0.25) is 0 Å². The molecule has 2 aromatic rings. The monoisotopic (exact) mass is 275 g/mol. The minimum atomic E-state index is -0.247. The van der Waals surface area contributed by atoms with Crippen molar-refractivity contribution < 1.29 is 9.52 Å². The Morgan fingerprint density at radius 3 is 2.85 bits per heavy atom. The zero-order valence-corrected chi connectivity index (χ0v) is 12.5. The summed E-state index contributed by atoms with van der Waals surface area (Å²) in [5, 5.41) is 13.9. The Morgan fingerprint density at radius 1 is 1.30 bits per heavy atom. The van der Waals surface area contributed by atoms with E-state index in [9.17, 15) is 5.11 Å². The number of nitrogens with one attached hydrogen (secondary N) is 1. The molecule has 0 saturated heterocycles. The van der Waals surface area contributed by atoms with Gasteiger partial charge in [-0.3, -0.25) is 0 Å². The van der Waals surface area contributed by atoms with Crippen molar-refractivity contribution in [3.63, 3.8) is 0 Å². The SMILES string of the molecule is CCCCc1oc2ccccc2c1CNCCC(C)O.